The van der Waals surface area contributed by atoms with E-state index in [0.29, 0.717) is 31.7 Å². The Labute approximate surface area is 92.5 Å². The van der Waals surface area contributed by atoms with E-state index in [0.717, 1.165) is 0 Å². The minimum atomic E-state index is -0.540. The molecule has 2 N–H and O–H groups in total. The van der Waals surface area contributed by atoms with Crippen molar-refractivity contribution in [1.82, 2.24) is 9.97 Å². The smallest absolute Gasteiger partial charge is 0.220 e. The molecule has 5 nitrogen and oxygen atoms in total. The molecule has 1 fully saturated rings. The first-order valence-electron chi connectivity index (χ1n) is 5.18. The van der Waals surface area contributed by atoms with Crippen LogP contribution in [0.4, 0.5) is 10.2 Å². The maximum Gasteiger partial charge on any atom is 0.220 e. The lowest BCUT2D eigenvalue weighted by Gasteiger charge is -2.31. The third kappa shape index (κ3) is 2.26. The van der Waals surface area contributed by atoms with Crippen LogP contribution in [0, 0.1) is 11.9 Å². The average Bonchev–Trinajstić information content (AvgIpc) is 2.29. The number of rotatable bonds is 2. The Hall–Kier alpha value is -1.72. The van der Waals surface area contributed by atoms with Crippen LogP contribution in [0.5, 0.6) is 0 Å². The number of carbonyl (C=O) groups excluding carboxylic acids is 1. The highest BCUT2D eigenvalue weighted by atomic mass is 19.1. The summed E-state index contributed by atoms with van der Waals surface area (Å²) in [6.45, 7) is 1.34. The van der Waals surface area contributed by atoms with Crippen molar-refractivity contribution in [3.63, 3.8) is 0 Å². The predicted octanol–water partition coefficient (Wildman–Crippen LogP) is 0.317. The molecule has 2 heterocycles. The standard InChI is InChI=1S/C10H13FN4O/c11-8-5-9(14-6-13-8)15-3-1-7(2-4-15)10(12)16/h5-7H,1-4H2,(H2,12,16). The van der Waals surface area contributed by atoms with E-state index >= 15 is 0 Å². The van der Waals surface area contributed by atoms with Crippen molar-refractivity contribution in [2.45, 2.75) is 12.8 Å². The number of nitrogens with two attached hydrogens (primary N) is 1. The number of hydrogen-bond acceptors (Lipinski definition) is 4. The molecule has 6 heteroatoms. The van der Waals surface area contributed by atoms with E-state index < -0.39 is 5.95 Å². The average molecular weight is 224 g/mol. The van der Waals surface area contributed by atoms with Gasteiger partial charge in [0.15, 0.2) is 0 Å². The number of amides is 1. The Bertz CT molecular complexity index is 390. The Morgan fingerprint density at radius 2 is 2.12 bits per heavy atom. The second-order valence-electron chi connectivity index (χ2n) is 3.86. The molecule has 0 aliphatic carbocycles. The van der Waals surface area contributed by atoms with Crippen LogP contribution in [0.3, 0.4) is 0 Å². The summed E-state index contributed by atoms with van der Waals surface area (Å²) in [5.41, 5.74) is 5.23. The largest absolute Gasteiger partial charge is 0.369 e. The van der Waals surface area contributed by atoms with Crippen molar-refractivity contribution in [3.8, 4) is 0 Å². The fourth-order valence-electron chi connectivity index (χ4n) is 1.89. The van der Waals surface area contributed by atoms with Crippen LogP contribution in [0.1, 0.15) is 12.8 Å². The zero-order valence-corrected chi connectivity index (χ0v) is 8.77. The molecule has 1 aromatic heterocycles. The summed E-state index contributed by atoms with van der Waals surface area (Å²) >= 11 is 0. The van der Waals surface area contributed by atoms with Gasteiger partial charge >= 0.3 is 0 Å². The van der Waals surface area contributed by atoms with E-state index in [1.54, 1.807) is 0 Å². The van der Waals surface area contributed by atoms with Crippen molar-refractivity contribution >= 4 is 11.7 Å². The lowest BCUT2D eigenvalue weighted by molar-refractivity contribution is -0.122. The van der Waals surface area contributed by atoms with Gasteiger partial charge in [0.2, 0.25) is 11.9 Å². The van der Waals surface area contributed by atoms with Crippen LogP contribution in [-0.4, -0.2) is 29.0 Å². The molecular weight excluding hydrogens is 211 g/mol. The monoisotopic (exact) mass is 224 g/mol. The number of piperidine rings is 1. The molecule has 0 spiro atoms. The van der Waals surface area contributed by atoms with Crippen LogP contribution in [-0.2, 0) is 4.79 Å². The molecule has 2 rings (SSSR count). The highest BCUT2D eigenvalue weighted by molar-refractivity contribution is 5.76. The second-order valence-corrected chi connectivity index (χ2v) is 3.86. The molecule has 0 aromatic carbocycles. The summed E-state index contributed by atoms with van der Waals surface area (Å²) in [6.07, 6.45) is 2.59. The van der Waals surface area contributed by atoms with Crippen LogP contribution < -0.4 is 10.6 Å². The Balaban J connectivity index is 2.01. The van der Waals surface area contributed by atoms with E-state index in [4.69, 9.17) is 5.73 Å². The summed E-state index contributed by atoms with van der Waals surface area (Å²) in [5.74, 6) is -0.297. The highest BCUT2D eigenvalue weighted by Gasteiger charge is 2.23. The first-order valence-corrected chi connectivity index (χ1v) is 5.18. The maximum absolute atomic E-state index is 12.9. The molecule has 1 saturated heterocycles. The van der Waals surface area contributed by atoms with Gasteiger partial charge in [0.25, 0.3) is 0 Å². The minimum Gasteiger partial charge on any atom is -0.369 e. The number of halogens is 1. The number of anilines is 1. The summed E-state index contributed by atoms with van der Waals surface area (Å²) in [5, 5.41) is 0. The fraction of sp³-hybridized carbons (Fsp3) is 0.500. The van der Waals surface area contributed by atoms with E-state index in [1.165, 1.54) is 12.4 Å². The van der Waals surface area contributed by atoms with Crippen molar-refractivity contribution in [2.24, 2.45) is 11.7 Å². The molecule has 86 valence electrons. The number of carbonyl (C=O) groups is 1. The quantitative estimate of drug-likeness (QED) is 0.734. The van der Waals surface area contributed by atoms with E-state index in [1.807, 2.05) is 4.90 Å². The van der Waals surface area contributed by atoms with Gasteiger partial charge in [-0.05, 0) is 12.8 Å². The van der Waals surface area contributed by atoms with Crippen LogP contribution in [0.15, 0.2) is 12.4 Å². The lowest BCUT2D eigenvalue weighted by atomic mass is 9.96. The molecular formula is C10H13FN4O. The molecule has 16 heavy (non-hydrogen) atoms. The number of primary amides is 1. The van der Waals surface area contributed by atoms with Gasteiger partial charge in [-0.1, -0.05) is 0 Å². The van der Waals surface area contributed by atoms with Gasteiger partial charge < -0.3 is 10.6 Å². The molecule has 1 aliphatic rings. The molecule has 0 unspecified atom stereocenters. The zero-order chi connectivity index (χ0) is 11.5. The predicted molar refractivity (Wildman–Crippen MR) is 56.1 cm³/mol. The minimum absolute atomic E-state index is 0.0667. The second kappa shape index (κ2) is 4.42. The van der Waals surface area contributed by atoms with Gasteiger partial charge in [0.1, 0.15) is 12.1 Å². The summed E-state index contributed by atoms with van der Waals surface area (Å²) < 4.78 is 12.9. The van der Waals surface area contributed by atoms with Crippen LogP contribution >= 0.6 is 0 Å². The third-order valence-electron chi connectivity index (χ3n) is 2.84. The van der Waals surface area contributed by atoms with Gasteiger partial charge in [-0.2, -0.15) is 4.39 Å². The van der Waals surface area contributed by atoms with Gasteiger partial charge in [-0.25, -0.2) is 9.97 Å². The van der Waals surface area contributed by atoms with Crippen molar-refractivity contribution in [1.29, 1.82) is 0 Å². The molecule has 0 atom stereocenters. The molecule has 0 saturated carbocycles. The molecule has 1 amide bonds. The Morgan fingerprint density at radius 3 is 2.69 bits per heavy atom. The number of nitrogens with zero attached hydrogens (tertiary/aromatic N) is 3. The number of aromatic nitrogens is 2. The SMILES string of the molecule is NC(=O)C1CCN(c2cc(F)ncn2)CC1. The molecule has 0 bridgehead atoms. The Morgan fingerprint density at radius 1 is 1.44 bits per heavy atom. The van der Waals surface area contributed by atoms with Crippen LogP contribution in [0.25, 0.3) is 0 Å². The van der Waals surface area contributed by atoms with Gasteiger partial charge in [0, 0.05) is 25.1 Å². The zero-order valence-electron chi connectivity index (χ0n) is 8.77. The fourth-order valence-corrected chi connectivity index (χ4v) is 1.89. The third-order valence-corrected chi connectivity index (χ3v) is 2.84. The van der Waals surface area contributed by atoms with Crippen molar-refractivity contribution < 1.29 is 9.18 Å². The summed E-state index contributed by atoms with van der Waals surface area (Å²) in [6, 6.07) is 1.30. The molecule has 1 aliphatic heterocycles. The first-order chi connectivity index (χ1) is 7.66. The van der Waals surface area contributed by atoms with E-state index in [-0.39, 0.29) is 11.8 Å². The van der Waals surface area contributed by atoms with Crippen molar-refractivity contribution in [3.05, 3.63) is 18.3 Å². The number of hydrogen-bond donors (Lipinski definition) is 1. The highest BCUT2D eigenvalue weighted by Crippen LogP contribution is 2.21. The van der Waals surface area contributed by atoms with Gasteiger partial charge in [-0.3, -0.25) is 4.79 Å². The van der Waals surface area contributed by atoms with Crippen molar-refractivity contribution in [2.75, 3.05) is 18.0 Å². The molecule has 1 aromatic rings. The summed E-state index contributed by atoms with van der Waals surface area (Å²) in [4.78, 5) is 20.3. The van der Waals surface area contributed by atoms with E-state index in [9.17, 15) is 9.18 Å². The van der Waals surface area contributed by atoms with Gasteiger partial charge in [0.05, 0.1) is 0 Å². The lowest BCUT2D eigenvalue weighted by Crippen LogP contribution is -2.38. The Kier molecular flexibility index (Phi) is 2.98. The summed E-state index contributed by atoms with van der Waals surface area (Å²) in [7, 11) is 0. The maximum atomic E-state index is 12.9. The van der Waals surface area contributed by atoms with Gasteiger partial charge in [-0.15, -0.1) is 0 Å². The molecule has 0 radical (unpaired) electrons. The van der Waals surface area contributed by atoms with E-state index in [2.05, 4.69) is 9.97 Å². The first kappa shape index (κ1) is 10.8. The normalized spacial score (nSPS) is 17.4. The van der Waals surface area contributed by atoms with Crippen LogP contribution in [0.2, 0.25) is 0 Å². The topological polar surface area (TPSA) is 72.1 Å².